The van der Waals surface area contributed by atoms with Gasteiger partial charge in [0.05, 0.1) is 69.3 Å². The van der Waals surface area contributed by atoms with Gasteiger partial charge in [-0.3, -0.25) is 14.5 Å². The molecule has 5 rings (SSSR count). The SMILES string of the molecule is COc1cc(OC)c(C2C(=C(O)c3cnn(-c4ccccc4)c3C)C(=O)C(=O)N2CCN2CCOCC2)cc1OC. The predicted molar refractivity (Wildman–Crippen MR) is 151 cm³/mol. The maximum atomic E-state index is 13.7. The number of aromatic nitrogens is 2. The van der Waals surface area contributed by atoms with Crippen LogP contribution in [0.15, 0.2) is 54.2 Å². The molecule has 2 saturated heterocycles. The summed E-state index contributed by atoms with van der Waals surface area (Å²) in [7, 11) is 4.52. The molecule has 11 nitrogen and oxygen atoms in total. The third kappa shape index (κ3) is 5.25. The molecule has 1 amide bonds. The Balaban J connectivity index is 1.65. The van der Waals surface area contributed by atoms with E-state index in [4.69, 9.17) is 18.9 Å². The van der Waals surface area contributed by atoms with Gasteiger partial charge >= 0.3 is 0 Å². The van der Waals surface area contributed by atoms with E-state index in [-0.39, 0.29) is 17.9 Å². The molecule has 2 aliphatic heterocycles. The van der Waals surface area contributed by atoms with E-state index in [1.54, 1.807) is 23.7 Å². The molecule has 0 aliphatic carbocycles. The molecule has 0 radical (unpaired) electrons. The number of ether oxygens (including phenoxy) is 4. The second-order valence-corrected chi connectivity index (χ2v) is 9.79. The minimum Gasteiger partial charge on any atom is -0.507 e. The first kappa shape index (κ1) is 28.2. The van der Waals surface area contributed by atoms with Crippen LogP contribution in [0.4, 0.5) is 0 Å². The number of morpholine rings is 1. The summed E-state index contributed by atoms with van der Waals surface area (Å²) in [5.74, 6) is -0.575. The van der Waals surface area contributed by atoms with Crippen molar-refractivity contribution in [1.82, 2.24) is 19.6 Å². The molecule has 3 aromatic rings. The molecular weight excluding hydrogens is 528 g/mol. The molecule has 2 aromatic carbocycles. The number of benzene rings is 2. The van der Waals surface area contributed by atoms with Gasteiger partial charge in [-0.2, -0.15) is 5.10 Å². The normalized spacial score (nSPS) is 19.0. The molecule has 41 heavy (non-hydrogen) atoms. The van der Waals surface area contributed by atoms with Crippen molar-refractivity contribution in [3.8, 4) is 22.9 Å². The number of aliphatic hydroxyl groups is 1. The van der Waals surface area contributed by atoms with Crippen molar-refractivity contribution in [1.29, 1.82) is 0 Å². The molecule has 11 heteroatoms. The largest absolute Gasteiger partial charge is 0.507 e. The summed E-state index contributed by atoms with van der Waals surface area (Å²) < 4.78 is 23.8. The van der Waals surface area contributed by atoms with E-state index in [0.717, 1.165) is 18.8 Å². The maximum absolute atomic E-state index is 13.7. The van der Waals surface area contributed by atoms with Crippen LogP contribution in [-0.2, 0) is 14.3 Å². The molecule has 216 valence electrons. The molecule has 2 aliphatic rings. The molecule has 0 bridgehead atoms. The fourth-order valence-electron chi connectivity index (χ4n) is 5.39. The Morgan fingerprint density at radius 3 is 2.29 bits per heavy atom. The van der Waals surface area contributed by atoms with Crippen LogP contribution >= 0.6 is 0 Å². The summed E-state index contributed by atoms with van der Waals surface area (Å²) >= 11 is 0. The summed E-state index contributed by atoms with van der Waals surface area (Å²) in [5, 5.41) is 16.2. The zero-order valence-corrected chi connectivity index (χ0v) is 23.6. The summed E-state index contributed by atoms with van der Waals surface area (Å²) in [5.41, 5.74) is 2.21. The third-order valence-corrected chi connectivity index (χ3v) is 7.60. The zero-order valence-electron chi connectivity index (χ0n) is 23.6. The van der Waals surface area contributed by atoms with Gasteiger partial charge in [-0.1, -0.05) is 18.2 Å². The highest BCUT2D eigenvalue weighted by Gasteiger charge is 2.47. The van der Waals surface area contributed by atoms with Crippen LogP contribution in [0.3, 0.4) is 0 Å². The number of hydrogen-bond donors (Lipinski definition) is 1. The lowest BCUT2D eigenvalue weighted by molar-refractivity contribution is -0.140. The Labute approximate surface area is 238 Å². The molecule has 1 N–H and O–H groups in total. The Kier molecular flexibility index (Phi) is 8.27. The van der Waals surface area contributed by atoms with Crippen molar-refractivity contribution in [2.75, 3.05) is 60.7 Å². The van der Waals surface area contributed by atoms with Gasteiger partial charge in [0.2, 0.25) is 0 Å². The van der Waals surface area contributed by atoms with Gasteiger partial charge < -0.3 is 29.0 Å². The predicted octanol–water partition coefficient (Wildman–Crippen LogP) is 2.96. The average Bonchev–Trinajstić information content (AvgIpc) is 3.52. The minimum atomic E-state index is -0.940. The average molecular weight is 563 g/mol. The Morgan fingerprint density at radius 1 is 0.976 bits per heavy atom. The topological polar surface area (TPSA) is 116 Å². The quantitative estimate of drug-likeness (QED) is 0.239. The number of hydrogen-bond acceptors (Lipinski definition) is 9. The van der Waals surface area contributed by atoms with Gasteiger partial charge in [0.25, 0.3) is 11.7 Å². The minimum absolute atomic E-state index is 0.0433. The summed E-state index contributed by atoms with van der Waals surface area (Å²) in [6.07, 6.45) is 1.50. The van der Waals surface area contributed by atoms with Crippen molar-refractivity contribution in [2.24, 2.45) is 0 Å². The van der Waals surface area contributed by atoms with Crippen LogP contribution in [0.25, 0.3) is 11.4 Å². The Morgan fingerprint density at radius 2 is 1.63 bits per heavy atom. The van der Waals surface area contributed by atoms with Crippen molar-refractivity contribution in [2.45, 2.75) is 13.0 Å². The summed E-state index contributed by atoms with van der Waals surface area (Å²) in [6, 6.07) is 11.9. The lowest BCUT2D eigenvalue weighted by Crippen LogP contribution is -2.42. The monoisotopic (exact) mass is 562 g/mol. The summed E-state index contributed by atoms with van der Waals surface area (Å²) in [6.45, 7) is 5.26. The van der Waals surface area contributed by atoms with E-state index in [0.29, 0.717) is 53.8 Å². The van der Waals surface area contributed by atoms with E-state index in [9.17, 15) is 14.7 Å². The number of methoxy groups -OCH3 is 3. The number of rotatable bonds is 9. The molecular formula is C30H34N4O7. The Hall–Kier alpha value is -4.35. The van der Waals surface area contributed by atoms with Crippen molar-refractivity contribution in [3.63, 3.8) is 0 Å². The van der Waals surface area contributed by atoms with E-state index in [2.05, 4.69) is 10.00 Å². The van der Waals surface area contributed by atoms with Gasteiger partial charge in [-0.25, -0.2) is 4.68 Å². The number of nitrogens with zero attached hydrogens (tertiary/aromatic N) is 4. The van der Waals surface area contributed by atoms with Crippen molar-refractivity contribution >= 4 is 17.4 Å². The number of aliphatic hydroxyl groups excluding tert-OH is 1. The standard InChI is InChI=1S/C30H34N4O7/c1-19-22(18-31-34(19)20-8-6-5-7-9-20)28(35)26-27(21-16-24(39-3)25(40-4)17-23(21)38-2)33(30(37)29(26)36)11-10-32-12-14-41-15-13-32/h5-9,16-18,27,35H,10-15H2,1-4H3. The number of carbonyl (C=O) groups is 2. The van der Waals surface area contributed by atoms with Gasteiger partial charge in [0.1, 0.15) is 11.5 Å². The molecule has 1 atom stereocenters. The van der Waals surface area contributed by atoms with Crippen LogP contribution in [0.2, 0.25) is 0 Å². The number of Topliss-reactive ketones (excluding diaryl/α,β-unsaturated/α-hetero) is 1. The number of likely N-dealkylation sites (tertiary alicyclic amines) is 1. The third-order valence-electron chi connectivity index (χ3n) is 7.60. The van der Waals surface area contributed by atoms with Gasteiger partial charge in [0.15, 0.2) is 11.5 Å². The zero-order chi connectivity index (χ0) is 29.1. The smallest absolute Gasteiger partial charge is 0.295 e. The lowest BCUT2D eigenvalue weighted by atomic mass is 9.94. The molecule has 0 saturated carbocycles. The van der Waals surface area contributed by atoms with Crippen molar-refractivity contribution < 1.29 is 33.6 Å². The van der Waals surface area contributed by atoms with Crippen LogP contribution in [0, 0.1) is 6.92 Å². The second kappa shape index (κ2) is 12.0. The second-order valence-electron chi connectivity index (χ2n) is 9.79. The van der Waals surface area contributed by atoms with Gasteiger partial charge in [0, 0.05) is 37.8 Å². The van der Waals surface area contributed by atoms with Crippen LogP contribution in [0.5, 0.6) is 17.2 Å². The highest BCUT2D eigenvalue weighted by atomic mass is 16.5. The first-order chi connectivity index (χ1) is 19.9. The molecule has 1 unspecified atom stereocenters. The van der Waals surface area contributed by atoms with Crippen molar-refractivity contribution in [3.05, 3.63) is 71.1 Å². The van der Waals surface area contributed by atoms with E-state index >= 15 is 0 Å². The first-order valence-electron chi connectivity index (χ1n) is 13.4. The summed E-state index contributed by atoms with van der Waals surface area (Å²) in [4.78, 5) is 30.9. The van der Waals surface area contributed by atoms with Gasteiger partial charge in [-0.15, -0.1) is 0 Å². The van der Waals surface area contributed by atoms with Crippen LogP contribution in [0.1, 0.15) is 22.9 Å². The number of carbonyl (C=O) groups excluding carboxylic acids is 2. The molecule has 1 aromatic heterocycles. The Bertz CT molecular complexity index is 1460. The highest BCUT2D eigenvalue weighted by molar-refractivity contribution is 6.46. The lowest BCUT2D eigenvalue weighted by Gasteiger charge is -2.31. The van der Waals surface area contributed by atoms with E-state index in [1.165, 1.54) is 32.4 Å². The van der Waals surface area contributed by atoms with Crippen LogP contribution in [-0.4, -0.2) is 97.1 Å². The van der Waals surface area contributed by atoms with Crippen LogP contribution < -0.4 is 14.2 Å². The number of ketones is 1. The fourth-order valence-corrected chi connectivity index (χ4v) is 5.39. The number of para-hydroxylation sites is 1. The maximum Gasteiger partial charge on any atom is 0.295 e. The highest BCUT2D eigenvalue weighted by Crippen LogP contribution is 2.46. The molecule has 3 heterocycles. The number of amides is 1. The van der Waals surface area contributed by atoms with Gasteiger partial charge in [-0.05, 0) is 25.1 Å². The molecule has 2 fully saturated rings. The first-order valence-corrected chi connectivity index (χ1v) is 13.4. The fraction of sp³-hybridized carbons (Fsp3) is 0.367. The van der Waals surface area contributed by atoms with E-state index < -0.39 is 17.7 Å². The van der Waals surface area contributed by atoms with E-state index in [1.807, 2.05) is 30.3 Å². The molecule has 0 spiro atoms.